The van der Waals surface area contributed by atoms with Gasteiger partial charge in [0.05, 0.1) is 23.3 Å². The van der Waals surface area contributed by atoms with Crippen molar-refractivity contribution in [1.82, 2.24) is 10.3 Å². The Kier molecular flexibility index (Phi) is 9.50. The van der Waals surface area contributed by atoms with Gasteiger partial charge < -0.3 is 21.6 Å². The number of sulfonamides is 1. The van der Waals surface area contributed by atoms with Crippen molar-refractivity contribution in [3.8, 4) is 0 Å². The molecule has 242 valence electrons. The van der Waals surface area contributed by atoms with Gasteiger partial charge >= 0.3 is 5.97 Å². The third kappa shape index (κ3) is 6.70. The normalized spacial score (nSPS) is 11.1. The zero-order valence-corrected chi connectivity index (χ0v) is 26.2. The second-order valence-electron chi connectivity index (χ2n) is 10.8. The number of fused-ring (bicyclic) bond motifs is 2. The predicted octanol–water partition coefficient (Wildman–Crippen LogP) is 4.87. The van der Waals surface area contributed by atoms with Gasteiger partial charge in [0, 0.05) is 29.3 Å². The number of aromatic nitrogens is 1. The van der Waals surface area contributed by atoms with Crippen LogP contribution < -0.4 is 15.4 Å². The molecule has 6 aromatic rings. The molecule has 0 unspecified atom stereocenters. The molecule has 5 aromatic carbocycles. The predicted molar refractivity (Wildman–Crippen MR) is 185 cm³/mol. The van der Waals surface area contributed by atoms with Crippen molar-refractivity contribution in [2.45, 2.75) is 18.0 Å². The third-order valence-corrected chi connectivity index (χ3v) is 9.61. The third-order valence-electron chi connectivity index (χ3n) is 7.81. The molecule has 0 aliphatic carbocycles. The summed E-state index contributed by atoms with van der Waals surface area (Å²) in [6, 6.07) is 31.9. The van der Waals surface area contributed by atoms with Crippen molar-refractivity contribution >= 4 is 55.1 Å². The summed E-state index contributed by atoms with van der Waals surface area (Å²) in [7, 11) is -4.19. The standard InChI is InChI=1S/C36H29N5O5S.H2O/c37-34(38)26-13-9-23(10-14-26)21-40-35(42)31-7-1-5-28-20-29(17-18-30(28)31)41(22-24-11-15-27(16-12-24)36(43)44)47(45,46)32-8-2-4-25-6-3-19-39-33(25)32;/h1-20H,21-22H2,(H3,37,38)(H,40,42)(H,43,44);1H2. The molecule has 11 nitrogen and oxygen atoms in total. The molecule has 0 atom stereocenters. The molecular weight excluding hydrogens is 630 g/mol. The minimum absolute atomic E-state index is 0. The van der Waals surface area contributed by atoms with Crippen LogP contribution in [0, 0.1) is 5.41 Å². The largest absolute Gasteiger partial charge is 0.478 e. The van der Waals surface area contributed by atoms with Gasteiger partial charge in [-0.25, -0.2) is 13.2 Å². The number of rotatable bonds is 10. The Balaban J connectivity index is 0.00000451. The molecule has 1 amide bonds. The Bertz CT molecular complexity index is 2270. The number of amides is 1. The number of amidine groups is 1. The van der Waals surface area contributed by atoms with Gasteiger partial charge in [0.1, 0.15) is 10.7 Å². The lowest BCUT2D eigenvalue weighted by Crippen LogP contribution is -2.31. The molecule has 48 heavy (non-hydrogen) atoms. The molecule has 0 bridgehead atoms. The molecule has 1 heterocycles. The summed E-state index contributed by atoms with van der Waals surface area (Å²) in [4.78, 5) is 29.1. The van der Waals surface area contributed by atoms with Crippen molar-refractivity contribution in [1.29, 1.82) is 5.41 Å². The van der Waals surface area contributed by atoms with Crippen LogP contribution in [-0.4, -0.2) is 41.7 Å². The number of benzene rings is 5. The summed E-state index contributed by atoms with van der Waals surface area (Å²) in [5.41, 5.74) is 8.74. The van der Waals surface area contributed by atoms with Crippen LogP contribution in [0.15, 0.2) is 126 Å². The number of carbonyl (C=O) groups excluding carboxylic acids is 1. The summed E-state index contributed by atoms with van der Waals surface area (Å²) in [5, 5.41) is 21.8. The molecule has 0 saturated carbocycles. The van der Waals surface area contributed by atoms with Crippen LogP contribution in [0.4, 0.5) is 5.69 Å². The van der Waals surface area contributed by atoms with E-state index in [0.717, 1.165) is 5.56 Å². The summed E-state index contributed by atoms with van der Waals surface area (Å²) >= 11 is 0. The number of nitrogens with two attached hydrogens (primary N) is 1. The monoisotopic (exact) mass is 661 g/mol. The fraction of sp³-hybridized carbons (Fsp3) is 0.0556. The smallest absolute Gasteiger partial charge is 0.335 e. The van der Waals surface area contributed by atoms with Crippen LogP contribution in [0.3, 0.4) is 0 Å². The van der Waals surface area contributed by atoms with E-state index in [1.54, 1.807) is 97.2 Å². The Morgan fingerprint density at radius 3 is 2.17 bits per heavy atom. The molecule has 6 rings (SSSR count). The van der Waals surface area contributed by atoms with Crippen LogP contribution >= 0.6 is 0 Å². The first-order chi connectivity index (χ1) is 22.6. The van der Waals surface area contributed by atoms with Crippen molar-refractivity contribution in [2.75, 3.05) is 4.31 Å². The van der Waals surface area contributed by atoms with E-state index < -0.39 is 16.0 Å². The van der Waals surface area contributed by atoms with Gasteiger partial charge in [0.25, 0.3) is 15.9 Å². The van der Waals surface area contributed by atoms with Gasteiger partial charge in [-0.05, 0) is 64.4 Å². The number of nitrogens with one attached hydrogen (secondary N) is 2. The molecule has 1 aromatic heterocycles. The summed E-state index contributed by atoms with van der Waals surface area (Å²) in [6.45, 7) is 0.177. The number of aromatic carboxylic acids is 1. The lowest BCUT2D eigenvalue weighted by atomic mass is 10.0. The summed E-state index contributed by atoms with van der Waals surface area (Å²) in [6.07, 6.45) is 1.54. The Hall–Kier alpha value is -6.11. The van der Waals surface area contributed by atoms with E-state index in [0.29, 0.717) is 44.1 Å². The number of pyridine rings is 1. The average molecular weight is 662 g/mol. The maximum Gasteiger partial charge on any atom is 0.335 e. The lowest BCUT2D eigenvalue weighted by molar-refractivity contribution is 0.0696. The fourth-order valence-corrected chi connectivity index (χ4v) is 6.95. The molecule has 7 N–H and O–H groups in total. The average Bonchev–Trinajstić information content (AvgIpc) is 3.09. The van der Waals surface area contributed by atoms with Crippen molar-refractivity contribution in [2.24, 2.45) is 5.73 Å². The zero-order chi connectivity index (χ0) is 33.1. The Morgan fingerprint density at radius 2 is 1.46 bits per heavy atom. The molecular formula is C36H31N5O6S. The topological polar surface area (TPSA) is 198 Å². The molecule has 0 saturated heterocycles. The van der Waals surface area contributed by atoms with Crippen LogP contribution in [0.5, 0.6) is 0 Å². The number of para-hydroxylation sites is 1. The van der Waals surface area contributed by atoms with Gasteiger partial charge in [0.2, 0.25) is 0 Å². The van der Waals surface area contributed by atoms with Gasteiger partial charge in [0.15, 0.2) is 0 Å². The summed E-state index contributed by atoms with van der Waals surface area (Å²) in [5.74, 6) is -1.42. The highest BCUT2D eigenvalue weighted by atomic mass is 32.2. The molecule has 0 fully saturated rings. The highest BCUT2D eigenvalue weighted by molar-refractivity contribution is 7.93. The van der Waals surface area contributed by atoms with Gasteiger partial charge in [-0.1, -0.05) is 72.8 Å². The Labute approximate surface area is 276 Å². The maximum absolute atomic E-state index is 14.4. The maximum atomic E-state index is 14.4. The SMILES string of the molecule is N=C(N)c1ccc(CNC(=O)c2cccc3cc(N(Cc4ccc(C(=O)O)cc4)S(=O)(=O)c4cccc5cccnc45)ccc23)cc1.O. The van der Waals surface area contributed by atoms with E-state index in [4.69, 9.17) is 11.1 Å². The first-order valence-corrected chi connectivity index (χ1v) is 16.0. The van der Waals surface area contributed by atoms with Crippen LogP contribution in [0.2, 0.25) is 0 Å². The fourth-order valence-electron chi connectivity index (χ4n) is 5.34. The minimum Gasteiger partial charge on any atom is -0.478 e. The molecule has 0 radical (unpaired) electrons. The number of nitrogen functional groups attached to an aromatic ring is 1. The zero-order valence-electron chi connectivity index (χ0n) is 25.4. The number of hydrogen-bond acceptors (Lipinski definition) is 6. The van der Waals surface area contributed by atoms with E-state index >= 15 is 0 Å². The quantitative estimate of drug-likeness (QED) is 0.119. The van der Waals surface area contributed by atoms with E-state index in [2.05, 4.69) is 10.3 Å². The second kappa shape index (κ2) is 13.7. The van der Waals surface area contributed by atoms with Crippen molar-refractivity contribution < 1.29 is 28.6 Å². The Morgan fingerprint density at radius 1 is 0.812 bits per heavy atom. The molecule has 12 heteroatoms. The number of carbonyl (C=O) groups is 2. The second-order valence-corrected chi connectivity index (χ2v) is 12.7. The summed E-state index contributed by atoms with van der Waals surface area (Å²) < 4.78 is 30.1. The van der Waals surface area contributed by atoms with Crippen molar-refractivity contribution in [3.05, 3.63) is 149 Å². The molecule has 0 spiro atoms. The number of anilines is 1. The molecule has 0 aliphatic heterocycles. The minimum atomic E-state index is -4.19. The number of nitrogens with zero attached hydrogens (tertiary/aromatic N) is 2. The first-order valence-electron chi connectivity index (χ1n) is 14.5. The van der Waals surface area contributed by atoms with E-state index in [-0.39, 0.29) is 40.8 Å². The van der Waals surface area contributed by atoms with Gasteiger partial charge in [-0.2, -0.15) is 0 Å². The lowest BCUT2D eigenvalue weighted by Gasteiger charge is -2.26. The number of carboxylic acid groups (broad SMARTS) is 1. The highest BCUT2D eigenvalue weighted by Gasteiger charge is 2.28. The number of hydrogen-bond donors (Lipinski definition) is 4. The van der Waals surface area contributed by atoms with E-state index in [9.17, 15) is 23.1 Å². The van der Waals surface area contributed by atoms with Gasteiger partial charge in [-0.15, -0.1) is 0 Å². The van der Waals surface area contributed by atoms with E-state index in [1.807, 2.05) is 6.07 Å². The van der Waals surface area contributed by atoms with Crippen LogP contribution in [-0.2, 0) is 23.1 Å². The van der Waals surface area contributed by atoms with Crippen molar-refractivity contribution in [3.63, 3.8) is 0 Å². The first kappa shape index (κ1) is 33.3. The highest BCUT2D eigenvalue weighted by Crippen LogP contribution is 2.32. The van der Waals surface area contributed by atoms with E-state index in [1.165, 1.54) is 22.5 Å². The van der Waals surface area contributed by atoms with Gasteiger partial charge in [-0.3, -0.25) is 19.5 Å². The van der Waals surface area contributed by atoms with Crippen LogP contribution in [0.25, 0.3) is 21.7 Å². The van der Waals surface area contributed by atoms with Crippen LogP contribution in [0.1, 0.15) is 37.4 Å². The molecule has 0 aliphatic rings. The number of carboxylic acids is 1.